The monoisotopic (exact) mass is 345 g/mol. The van der Waals surface area contributed by atoms with Crippen LogP contribution in [0.4, 0.5) is 0 Å². The molecule has 2 aromatic heterocycles. The minimum Gasteiger partial charge on any atom is -0.497 e. The van der Waals surface area contributed by atoms with Crippen LogP contribution in [0.15, 0.2) is 40.8 Å². The van der Waals surface area contributed by atoms with Gasteiger partial charge in [0.2, 0.25) is 0 Å². The fourth-order valence-corrected chi connectivity index (χ4v) is 2.14. The van der Waals surface area contributed by atoms with Gasteiger partial charge in [-0.05, 0) is 31.2 Å². The average molecular weight is 345 g/mol. The standard InChI is InChI=1S/C16H15NO4.2C2H6/c1-3-20-16(18)13-9-15-12(17-13)8-14(21-15)10-4-6-11(19-2)7-5-10;2*1-2/h4-9,17H,3H2,1-2H3;2*1-2H3. The van der Waals surface area contributed by atoms with Crippen molar-refractivity contribution >= 4 is 17.1 Å². The van der Waals surface area contributed by atoms with E-state index >= 15 is 0 Å². The lowest BCUT2D eigenvalue weighted by Gasteiger charge is -2.00. The first-order chi connectivity index (χ1) is 12.2. The molecule has 0 aliphatic carbocycles. The number of methoxy groups -OCH3 is 1. The van der Waals surface area contributed by atoms with Crippen molar-refractivity contribution in [1.82, 2.24) is 4.98 Å². The summed E-state index contributed by atoms with van der Waals surface area (Å²) in [6.45, 7) is 10.1. The number of esters is 1. The van der Waals surface area contributed by atoms with Crippen LogP contribution >= 0.6 is 0 Å². The van der Waals surface area contributed by atoms with Gasteiger partial charge in [-0.15, -0.1) is 0 Å². The van der Waals surface area contributed by atoms with Crippen LogP contribution < -0.4 is 4.74 Å². The molecule has 0 radical (unpaired) electrons. The molecular formula is C20H27NO4. The van der Waals surface area contributed by atoms with Gasteiger partial charge in [0.05, 0.1) is 19.2 Å². The summed E-state index contributed by atoms with van der Waals surface area (Å²) in [5, 5.41) is 0. The van der Waals surface area contributed by atoms with Crippen LogP contribution in [0.1, 0.15) is 45.1 Å². The minimum atomic E-state index is -0.380. The first-order valence-corrected chi connectivity index (χ1v) is 8.65. The van der Waals surface area contributed by atoms with Gasteiger partial charge in [-0.25, -0.2) is 4.79 Å². The van der Waals surface area contributed by atoms with Crippen LogP contribution in [0.3, 0.4) is 0 Å². The van der Waals surface area contributed by atoms with Crippen LogP contribution in [0.2, 0.25) is 0 Å². The molecule has 5 heteroatoms. The number of aromatic nitrogens is 1. The number of carbonyl (C=O) groups excluding carboxylic acids is 1. The summed E-state index contributed by atoms with van der Waals surface area (Å²) in [5.74, 6) is 1.14. The molecular weight excluding hydrogens is 318 g/mol. The Balaban J connectivity index is 0.000000730. The maximum Gasteiger partial charge on any atom is 0.354 e. The second kappa shape index (κ2) is 10.2. The largest absolute Gasteiger partial charge is 0.497 e. The van der Waals surface area contributed by atoms with Crippen LogP contribution in [-0.2, 0) is 4.74 Å². The Kier molecular flexibility index (Phi) is 8.33. The number of benzene rings is 1. The van der Waals surface area contributed by atoms with Gasteiger partial charge in [-0.3, -0.25) is 0 Å². The van der Waals surface area contributed by atoms with Gasteiger partial charge in [0, 0.05) is 17.7 Å². The van der Waals surface area contributed by atoms with Gasteiger partial charge in [-0.2, -0.15) is 0 Å². The van der Waals surface area contributed by atoms with Crippen molar-refractivity contribution in [3.63, 3.8) is 0 Å². The van der Waals surface area contributed by atoms with E-state index in [-0.39, 0.29) is 5.97 Å². The Morgan fingerprint density at radius 2 is 1.72 bits per heavy atom. The molecule has 0 unspecified atom stereocenters. The smallest absolute Gasteiger partial charge is 0.354 e. The molecule has 0 spiro atoms. The molecule has 0 aliphatic heterocycles. The number of hydrogen-bond acceptors (Lipinski definition) is 4. The molecule has 0 saturated heterocycles. The number of H-pyrrole nitrogens is 1. The highest BCUT2D eigenvalue weighted by Crippen LogP contribution is 2.29. The molecule has 1 aromatic carbocycles. The van der Waals surface area contributed by atoms with E-state index in [0.717, 1.165) is 22.6 Å². The lowest BCUT2D eigenvalue weighted by atomic mass is 10.2. The predicted molar refractivity (Wildman–Crippen MR) is 101 cm³/mol. The summed E-state index contributed by atoms with van der Waals surface area (Å²) in [4.78, 5) is 14.6. The molecule has 5 nitrogen and oxygen atoms in total. The van der Waals surface area contributed by atoms with E-state index < -0.39 is 0 Å². The van der Waals surface area contributed by atoms with Crippen molar-refractivity contribution in [2.45, 2.75) is 34.6 Å². The normalized spacial score (nSPS) is 9.52. The number of aromatic amines is 1. The van der Waals surface area contributed by atoms with Gasteiger partial charge >= 0.3 is 5.97 Å². The second-order valence-electron chi connectivity index (χ2n) is 4.52. The number of rotatable bonds is 4. The lowest BCUT2D eigenvalue weighted by molar-refractivity contribution is 0.0520. The van der Waals surface area contributed by atoms with Crippen molar-refractivity contribution in [3.05, 3.63) is 42.1 Å². The zero-order valence-electron chi connectivity index (χ0n) is 15.8. The number of nitrogens with one attached hydrogen (secondary N) is 1. The van der Waals surface area contributed by atoms with Crippen molar-refractivity contribution in [1.29, 1.82) is 0 Å². The van der Waals surface area contributed by atoms with Crippen molar-refractivity contribution < 1.29 is 18.7 Å². The third kappa shape index (κ3) is 4.89. The zero-order chi connectivity index (χ0) is 18.8. The fourth-order valence-electron chi connectivity index (χ4n) is 2.14. The highest BCUT2D eigenvalue weighted by molar-refractivity contribution is 5.94. The molecule has 0 aliphatic rings. The van der Waals surface area contributed by atoms with Crippen molar-refractivity contribution in [3.8, 4) is 17.1 Å². The third-order valence-corrected chi connectivity index (χ3v) is 3.18. The van der Waals surface area contributed by atoms with Crippen molar-refractivity contribution in [2.24, 2.45) is 0 Å². The SMILES string of the molecule is CC.CC.CCOC(=O)c1cc2oc(-c3ccc(OC)cc3)cc2[nH]1. The molecule has 0 saturated carbocycles. The van der Waals surface area contributed by atoms with E-state index in [1.165, 1.54) is 0 Å². The summed E-state index contributed by atoms with van der Waals surface area (Å²) < 4.78 is 15.8. The molecule has 25 heavy (non-hydrogen) atoms. The molecule has 3 aromatic rings. The molecule has 0 atom stereocenters. The first-order valence-electron chi connectivity index (χ1n) is 8.65. The second-order valence-corrected chi connectivity index (χ2v) is 4.52. The molecule has 1 N–H and O–H groups in total. The Bertz CT molecular complexity index is 737. The van der Waals surface area contributed by atoms with E-state index in [0.29, 0.717) is 17.9 Å². The Morgan fingerprint density at radius 3 is 2.24 bits per heavy atom. The quantitative estimate of drug-likeness (QED) is 0.619. The fraction of sp³-hybridized carbons (Fsp3) is 0.350. The van der Waals surface area contributed by atoms with Gasteiger partial charge in [0.25, 0.3) is 0 Å². The predicted octanol–water partition coefficient (Wildman–Crippen LogP) is 5.67. The van der Waals surface area contributed by atoms with E-state index in [1.807, 2.05) is 58.0 Å². The van der Waals surface area contributed by atoms with Gasteiger partial charge < -0.3 is 18.9 Å². The summed E-state index contributed by atoms with van der Waals surface area (Å²) >= 11 is 0. The number of ether oxygens (including phenoxy) is 2. The summed E-state index contributed by atoms with van der Waals surface area (Å²) in [6.07, 6.45) is 0. The maximum atomic E-state index is 11.6. The van der Waals surface area contributed by atoms with Crippen LogP contribution in [0.25, 0.3) is 22.4 Å². The van der Waals surface area contributed by atoms with E-state index in [4.69, 9.17) is 13.9 Å². The topological polar surface area (TPSA) is 64.5 Å². The highest BCUT2D eigenvalue weighted by atomic mass is 16.5. The first kappa shape index (κ1) is 20.4. The Hall–Kier alpha value is -2.69. The van der Waals surface area contributed by atoms with E-state index in [2.05, 4.69) is 4.98 Å². The molecule has 3 rings (SSSR count). The van der Waals surface area contributed by atoms with Gasteiger partial charge in [0.1, 0.15) is 17.2 Å². The summed E-state index contributed by atoms with van der Waals surface area (Å²) in [5.41, 5.74) is 2.73. The third-order valence-electron chi connectivity index (χ3n) is 3.18. The number of carbonyl (C=O) groups is 1. The van der Waals surface area contributed by atoms with Crippen LogP contribution in [-0.4, -0.2) is 24.7 Å². The number of hydrogen-bond donors (Lipinski definition) is 1. The summed E-state index contributed by atoms with van der Waals surface area (Å²) in [6, 6.07) is 11.1. The average Bonchev–Trinajstić information content (AvgIpc) is 3.24. The van der Waals surface area contributed by atoms with Crippen LogP contribution in [0.5, 0.6) is 5.75 Å². The maximum absolute atomic E-state index is 11.6. The lowest BCUT2D eigenvalue weighted by Crippen LogP contribution is -2.04. The van der Waals surface area contributed by atoms with Crippen LogP contribution in [0, 0.1) is 0 Å². The number of furan rings is 1. The van der Waals surface area contributed by atoms with E-state index in [1.54, 1.807) is 20.1 Å². The highest BCUT2D eigenvalue weighted by Gasteiger charge is 2.14. The molecule has 136 valence electrons. The molecule has 0 bridgehead atoms. The minimum absolute atomic E-state index is 0.344. The molecule has 2 heterocycles. The van der Waals surface area contributed by atoms with Crippen molar-refractivity contribution in [2.75, 3.05) is 13.7 Å². The Morgan fingerprint density at radius 1 is 1.08 bits per heavy atom. The molecule has 0 fully saturated rings. The Labute approximate surface area is 148 Å². The number of fused-ring (bicyclic) bond motifs is 1. The van der Waals surface area contributed by atoms with Gasteiger partial charge in [0.15, 0.2) is 5.58 Å². The zero-order valence-corrected chi connectivity index (χ0v) is 15.8. The molecule has 0 amide bonds. The summed E-state index contributed by atoms with van der Waals surface area (Å²) in [7, 11) is 1.63. The van der Waals surface area contributed by atoms with E-state index in [9.17, 15) is 4.79 Å². The van der Waals surface area contributed by atoms with Gasteiger partial charge in [-0.1, -0.05) is 27.7 Å².